The van der Waals surface area contributed by atoms with Crippen molar-refractivity contribution >= 4 is 10.9 Å². The highest BCUT2D eigenvalue weighted by molar-refractivity contribution is 5.79. The third-order valence-corrected chi connectivity index (χ3v) is 4.07. The number of aromatic nitrogens is 1. The molecule has 1 fully saturated rings. The quantitative estimate of drug-likeness (QED) is 0.905. The zero-order chi connectivity index (χ0) is 13.8. The van der Waals surface area contributed by atoms with Gasteiger partial charge < -0.3 is 10.1 Å². The number of fused-ring (bicyclic) bond motifs is 1. The lowest BCUT2D eigenvalue weighted by atomic mass is 9.93. The molecular formula is C17H22N2O. The monoisotopic (exact) mass is 270 g/mol. The molecule has 0 saturated carbocycles. The molecule has 1 aliphatic rings. The molecule has 3 rings (SSSR count). The van der Waals surface area contributed by atoms with Crippen LogP contribution in [-0.4, -0.2) is 24.7 Å². The topological polar surface area (TPSA) is 34.1 Å². The molecule has 1 aromatic heterocycles. The molecule has 2 aromatic rings. The molecule has 2 unspecified atom stereocenters. The van der Waals surface area contributed by atoms with E-state index in [0.29, 0.717) is 12.0 Å². The van der Waals surface area contributed by atoms with Gasteiger partial charge in [-0.15, -0.1) is 0 Å². The first-order valence-electron chi connectivity index (χ1n) is 7.52. The van der Waals surface area contributed by atoms with E-state index in [2.05, 4.69) is 41.5 Å². The molecule has 3 nitrogen and oxygen atoms in total. The molecule has 0 radical (unpaired) electrons. The second-order valence-corrected chi connectivity index (χ2v) is 5.53. The number of nitrogens with zero attached hydrogens (tertiary/aromatic N) is 1. The number of ether oxygens (including phenoxy) is 1. The summed E-state index contributed by atoms with van der Waals surface area (Å²) >= 11 is 0. The van der Waals surface area contributed by atoms with Crippen LogP contribution in [0.4, 0.5) is 0 Å². The summed E-state index contributed by atoms with van der Waals surface area (Å²) in [7, 11) is 0. The first-order valence-corrected chi connectivity index (χ1v) is 7.52. The Kier molecular flexibility index (Phi) is 4.28. The van der Waals surface area contributed by atoms with Crippen LogP contribution in [0, 0.1) is 5.92 Å². The molecule has 2 atom stereocenters. The van der Waals surface area contributed by atoms with E-state index in [9.17, 15) is 0 Å². The molecule has 0 spiro atoms. The molecule has 106 valence electrons. The third-order valence-electron chi connectivity index (χ3n) is 4.07. The van der Waals surface area contributed by atoms with Gasteiger partial charge in [-0.05, 0) is 49.1 Å². The standard InChI is InChI=1S/C17H22N2O/c1-2-18-17(10-13-7-9-20-12-13)15-5-6-16-14(11-15)4-3-8-19-16/h3-6,8,11,13,17-18H,2,7,9-10,12H2,1H3. The summed E-state index contributed by atoms with van der Waals surface area (Å²) in [6.07, 6.45) is 4.19. The van der Waals surface area contributed by atoms with Gasteiger partial charge in [0.15, 0.2) is 0 Å². The van der Waals surface area contributed by atoms with E-state index >= 15 is 0 Å². The van der Waals surface area contributed by atoms with Crippen LogP contribution < -0.4 is 5.32 Å². The predicted octanol–water partition coefficient (Wildman–Crippen LogP) is 3.31. The number of rotatable bonds is 5. The van der Waals surface area contributed by atoms with Crippen molar-refractivity contribution in [1.29, 1.82) is 0 Å². The molecule has 3 heteroatoms. The summed E-state index contributed by atoms with van der Waals surface area (Å²) in [5.41, 5.74) is 2.43. The summed E-state index contributed by atoms with van der Waals surface area (Å²) in [6.45, 7) is 4.99. The van der Waals surface area contributed by atoms with Gasteiger partial charge in [0, 0.05) is 30.8 Å². The Morgan fingerprint density at radius 2 is 2.35 bits per heavy atom. The van der Waals surface area contributed by atoms with Crippen molar-refractivity contribution in [3.05, 3.63) is 42.1 Å². The van der Waals surface area contributed by atoms with Crippen LogP contribution in [0.2, 0.25) is 0 Å². The van der Waals surface area contributed by atoms with Crippen molar-refractivity contribution in [2.24, 2.45) is 5.92 Å². The smallest absolute Gasteiger partial charge is 0.0702 e. The SMILES string of the molecule is CCNC(CC1CCOC1)c1ccc2ncccc2c1. The molecule has 20 heavy (non-hydrogen) atoms. The average molecular weight is 270 g/mol. The molecule has 1 aromatic carbocycles. The van der Waals surface area contributed by atoms with E-state index in [1.54, 1.807) is 0 Å². The minimum atomic E-state index is 0.413. The number of benzene rings is 1. The minimum absolute atomic E-state index is 0.413. The predicted molar refractivity (Wildman–Crippen MR) is 81.7 cm³/mol. The zero-order valence-corrected chi connectivity index (χ0v) is 12.0. The van der Waals surface area contributed by atoms with Gasteiger partial charge in [-0.3, -0.25) is 4.98 Å². The fourth-order valence-electron chi connectivity index (χ4n) is 3.00. The summed E-state index contributed by atoms with van der Waals surface area (Å²) in [6, 6.07) is 11.1. The summed E-state index contributed by atoms with van der Waals surface area (Å²) in [4.78, 5) is 4.39. The lowest BCUT2D eigenvalue weighted by Crippen LogP contribution is -2.23. The molecule has 1 N–H and O–H groups in total. The van der Waals surface area contributed by atoms with Crippen LogP contribution in [0.3, 0.4) is 0 Å². The molecule has 1 aliphatic heterocycles. The van der Waals surface area contributed by atoms with Crippen molar-refractivity contribution in [1.82, 2.24) is 10.3 Å². The maximum Gasteiger partial charge on any atom is 0.0702 e. The Labute approximate surface area is 120 Å². The van der Waals surface area contributed by atoms with Crippen LogP contribution in [0.1, 0.15) is 31.4 Å². The van der Waals surface area contributed by atoms with Gasteiger partial charge in [-0.1, -0.05) is 19.1 Å². The van der Waals surface area contributed by atoms with Gasteiger partial charge in [0.1, 0.15) is 0 Å². The van der Waals surface area contributed by atoms with E-state index in [0.717, 1.165) is 31.7 Å². The highest BCUT2D eigenvalue weighted by Crippen LogP contribution is 2.28. The van der Waals surface area contributed by atoms with E-state index in [-0.39, 0.29) is 0 Å². The van der Waals surface area contributed by atoms with E-state index in [1.807, 2.05) is 12.3 Å². The van der Waals surface area contributed by atoms with Crippen molar-refractivity contribution < 1.29 is 4.74 Å². The lowest BCUT2D eigenvalue weighted by molar-refractivity contribution is 0.181. The van der Waals surface area contributed by atoms with Crippen LogP contribution in [0.15, 0.2) is 36.5 Å². The van der Waals surface area contributed by atoms with Crippen LogP contribution in [0.5, 0.6) is 0 Å². The summed E-state index contributed by atoms with van der Waals surface area (Å²) in [5.74, 6) is 0.684. The van der Waals surface area contributed by atoms with E-state index in [1.165, 1.54) is 17.4 Å². The number of nitrogens with one attached hydrogen (secondary N) is 1. The molecule has 0 aliphatic carbocycles. The maximum atomic E-state index is 5.50. The fraction of sp³-hybridized carbons (Fsp3) is 0.471. The second-order valence-electron chi connectivity index (χ2n) is 5.53. The number of hydrogen-bond acceptors (Lipinski definition) is 3. The summed E-state index contributed by atoms with van der Waals surface area (Å²) in [5, 5.41) is 4.83. The minimum Gasteiger partial charge on any atom is -0.381 e. The van der Waals surface area contributed by atoms with Gasteiger partial charge >= 0.3 is 0 Å². The fourth-order valence-corrected chi connectivity index (χ4v) is 3.00. The van der Waals surface area contributed by atoms with Crippen molar-refractivity contribution in [2.75, 3.05) is 19.8 Å². The van der Waals surface area contributed by atoms with Crippen molar-refractivity contribution in [3.63, 3.8) is 0 Å². The number of pyridine rings is 1. The van der Waals surface area contributed by atoms with Crippen molar-refractivity contribution in [2.45, 2.75) is 25.8 Å². The van der Waals surface area contributed by atoms with Crippen LogP contribution >= 0.6 is 0 Å². The van der Waals surface area contributed by atoms with Crippen LogP contribution in [-0.2, 0) is 4.74 Å². The largest absolute Gasteiger partial charge is 0.381 e. The average Bonchev–Trinajstić information content (AvgIpc) is 2.99. The molecule has 0 amide bonds. The molecule has 2 heterocycles. The van der Waals surface area contributed by atoms with E-state index < -0.39 is 0 Å². The van der Waals surface area contributed by atoms with E-state index in [4.69, 9.17) is 4.74 Å². The Balaban J connectivity index is 1.83. The Bertz CT molecular complexity index is 564. The summed E-state index contributed by atoms with van der Waals surface area (Å²) < 4.78 is 5.50. The van der Waals surface area contributed by atoms with Gasteiger partial charge in [-0.2, -0.15) is 0 Å². The second kappa shape index (κ2) is 6.33. The Morgan fingerprint density at radius 1 is 1.40 bits per heavy atom. The Hall–Kier alpha value is -1.45. The highest BCUT2D eigenvalue weighted by Gasteiger charge is 2.21. The van der Waals surface area contributed by atoms with Gasteiger partial charge in [-0.25, -0.2) is 0 Å². The maximum absolute atomic E-state index is 5.50. The Morgan fingerprint density at radius 3 is 3.15 bits per heavy atom. The highest BCUT2D eigenvalue weighted by atomic mass is 16.5. The van der Waals surface area contributed by atoms with Crippen molar-refractivity contribution in [3.8, 4) is 0 Å². The normalized spacial score (nSPS) is 20.4. The first-order chi connectivity index (χ1) is 9.86. The van der Waals surface area contributed by atoms with Gasteiger partial charge in [0.2, 0.25) is 0 Å². The molecule has 0 bridgehead atoms. The lowest BCUT2D eigenvalue weighted by Gasteiger charge is -2.21. The van der Waals surface area contributed by atoms with Gasteiger partial charge in [0.05, 0.1) is 5.52 Å². The first kappa shape index (κ1) is 13.5. The van der Waals surface area contributed by atoms with Crippen LogP contribution in [0.25, 0.3) is 10.9 Å². The van der Waals surface area contributed by atoms with Gasteiger partial charge in [0.25, 0.3) is 0 Å². The number of hydrogen-bond donors (Lipinski definition) is 1. The zero-order valence-electron chi connectivity index (χ0n) is 12.0. The molecule has 1 saturated heterocycles. The third kappa shape index (κ3) is 3.00. The molecular weight excluding hydrogens is 248 g/mol.